The summed E-state index contributed by atoms with van der Waals surface area (Å²) >= 11 is 0. The van der Waals surface area contributed by atoms with Crippen molar-refractivity contribution in [1.82, 2.24) is 0 Å². The lowest BCUT2D eigenvalue weighted by atomic mass is 9.80. The molecule has 0 aromatic rings. The monoisotopic (exact) mass is 180 g/mol. The second-order valence-electron chi connectivity index (χ2n) is 3.76. The van der Waals surface area contributed by atoms with Gasteiger partial charge in [0.15, 0.2) is 0 Å². The van der Waals surface area contributed by atoms with Crippen LogP contribution in [0.4, 0.5) is 0 Å². The van der Waals surface area contributed by atoms with Crippen molar-refractivity contribution in [3.05, 3.63) is 11.6 Å². The van der Waals surface area contributed by atoms with Crippen molar-refractivity contribution < 1.29 is 14.7 Å². The van der Waals surface area contributed by atoms with Crippen molar-refractivity contribution in [3.63, 3.8) is 0 Å². The van der Waals surface area contributed by atoms with Crippen molar-refractivity contribution in [1.29, 1.82) is 0 Å². The van der Waals surface area contributed by atoms with E-state index >= 15 is 0 Å². The second-order valence-corrected chi connectivity index (χ2v) is 3.76. The molecule has 2 rings (SSSR count). The van der Waals surface area contributed by atoms with Gasteiger partial charge < -0.3 is 5.11 Å². The number of Topliss-reactive ketones (excluding diaryl/α,β-unsaturated/α-hetero) is 1. The summed E-state index contributed by atoms with van der Waals surface area (Å²) in [5.74, 6) is -0.559. The van der Waals surface area contributed by atoms with Crippen LogP contribution in [-0.4, -0.2) is 16.9 Å². The number of rotatable bonds is 1. The van der Waals surface area contributed by atoms with Crippen LogP contribution in [0.1, 0.15) is 25.7 Å². The lowest BCUT2D eigenvalue weighted by molar-refractivity contribution is -0.133. The maximum absolute atomic E-state index is 11.4. The summed E-state index contributed by atoms with van der Waals surface area (Å²) < 4.78 is 0. The number of hydrogen-bond acceptors (Lipinski definition) is 2. The Kier molecular flexibility index (Phi) is 1.94. The number of carbonyl (C=O) groups excluding carboxylic acids is 1. The van der Waals surface area contributed by atoms with E-state index in [-0.39, 0.29) is 17.6 Å². The molecule has 13 heavy (non-hydrogen) atoms. The zero-order chi connectivity index (χ0) is 9.42. The molecule has 3 nitrogen and oxygen atoms in total. The van der Waals surface area contributed by atoms with Crippen LogP contribution in [0.25, 0.3) is 0 Å². The number of ketones is 1. The topological polar surface area (TPSA) is 54.4 Å². The maximum Gasteiger partial charge on any atom is 0.331 e. The lowest BCUT2D eigenvalue weighted by Crippen LogP contribution is -2.23. The van der Waals surface area contributed by atoms with Gasteiger partial charge >= 0.3 is 5.97 Å². The van der Waals surface area contributed by atoms with Gasteiger partial charge in [0.1, 0.15) is 5.78 Å². The Hall–Kier alpha value is -1.12. The molecule has 2 aliphatic carbocycles. The average molecular weight is 180 g/mol. The molecule has 0 radical (unpaired) electrons. The first kappa shape index (κ1) is 8.48. The quantitative estimate of drug-likeness (QED) is 0.663. The highest BCUT2D eigenvalue weighted by molar-refractivity contribution is 5.92. The molecule has 0 saturated heterocycles. The van der Waals surface area contributed by atoms with Gasteiger partial charge in [0.25, 0.3) is 0 Å². The molecule has 0 spiro atoms. The highest BCUT2D eigenvalue weighted by Gasteiger charge is 2.40. The molecule has 2 atom stereocenters. The zero-order valence-electron chi connectivity index (χ0n) is 7.32. The molecule has 1 saturated carbocycles. The van der Waals surface area contributed by atoms with E-state index in [0.29, 0.717) is 12.0 Å². The summed E-state index contributed by atoms with van der Waals surface area (Å²) in [5.41, 5.74) is 0.474. The summed E-state index contributed by atoms with van der Waals surface area (Å²) in [5, 5.41) is 8.89. The van der Waals surface area contributed by atoms with Gasteiger partial charge in [-0.05, 0) is 19.3 Å². The smallest absolute Gasteiger partial charge is 0.331 e. The molecule has 0 unspecified atom stereocenters. The number of carboxylic acid groups (broad SMARTS) is 1. The Labute approximate surface area is 76.4 Å². The summed E-state index contributed by atoms with van der Waals surface area (Å²) in [6.07, 6.45) is 4.68. The van der Waals surface area contributed by atoms with Gasteiger partial charge in [-0.3, -0.25) is 4.79 Å². The average Bonchev–Trinajstić information content (AvgIpc) is 2.48. The largest absolute Gasteiger partial charge is 0.478 e. The van der Waals surface area contributed by atoms with E-state index in [0.717, 1.165) is 19.3 Å². The SMILES string of the molecule is O=C(O)C1=CCC[C@@H]2C(=O)CC[C@H]12. The molecule has 1 N–H and O–H groups in total. The van der Waals surface area contributed by atoms with E-state index < -0.39 is 5.97 Å². The third-order valence-electron chi connectivity index (χ3n) is 3.09. The highest BCUT2D eigenvalue weighted by Crippen LogP contribution is 2.40. The Morgan fingerprint density at radius 3 is 2.85 bits per heavy atom. The van der Waals surface area contributed by atoms with Gasteiger partial charge in [0, 0.05) is 23.8 Å². The third kappa shape index (κ3) is 1.28. The fourth-order valence-corrected chi connectivity index (χ4v) is 2.46. The summed E-state index contributed by atoms with van der Waals surface area (Å²) in [4.78, 5) is 22.2. The van der Waals surface area contributed by atoms with Crippen molar-refractivity contribution >= 4 is 11.8 Å². The van der Waals surface area contributed by atoms with E-state index in [1.54, 1.807) is 6.08 Å². The molecule has 0 aromatic carbocycles. The normalized spacial score (nSPS) is 32.6. The molecule has 2 aliphatic rings. The molecule has 0 amide bonds. The molecule has 3 heteroatoms. The van der Waals surface area contributed by atoms with E-state index in [9.17, 15) is 9.59 Å². The Balaban J connectivity index is 2.27. The summed E-state index contributed by atoms with van der Waals surface area (Å²) in [7, 11) is 0. The Morgan fingerprint density at radius 2 is 2.15 bits per heavy atom. The molecular formula is C10H12O3. The van der Waals surface area contributed by atoms with Gasteiger partial charge in [0.05, 0.1) is 0 Å². The number of aliphatic carboxylic acids is 1. The zero-order valence-corrected chi connectivity index (χ0v) is 7.32. The molecule has 0 aliphatic heterocycles. The summed E-state index contributed by atoms with van der Waals surface area (Å²) in [6.45, 7) is 0. The van der Waals surface area contributed by atoms with Crippen LogP contribution in [-0.2, 0) is 9.59 Å². The van der Waals surface area contributed by atoms with Crippen molar-refractivity contribution in [2.45, 2.75) is 25.7 Å². The van der Waals surface area contributed by atoms with Gasteiger partial charge in [0.2, 0.25) is 0 Å². The predicted molar refractivity (Wildman–Crippen MR) is 46.2 cm³/mol. The highest BCUT2D eigenvalue weighted by atomic mass is 16.4. The van der Waals surface area contributed by atoms with E-state index in [1.807, 2.05) is 0 Å². The van der Waals surface area contributed by atoms with Crippen LogP contribution < -0.4 is 0 Å². The van der Waals surface area contributed by atoms with Gasteiger partial charge in [-0.2, -0.15) is 0 Å². The number of fused-ring (bicyclic) bond motifs is 1. The van der Waals surface area contributed by atoms with Gasteiger partial charge in [-0.1, -0.05) is 6.08 Å². The van der Waals surface area contributed by atoms with Crippen LogP contribution in [0.5, 0.6) is 0 Å². The second kappa shape index (κ2) is 2.98. The van der Waals surface area contributed by atoms with Gasteiger partial charge in [-0.25, -0.2) is 4.79 Å². The van der Waals surface area contributed by atoms with E-state index in [4.69, 9.17) is 5.11 Å². The van der Waals surface area contributed by atoms with E-state index in [1.165, 1.54) is 0 Å². The minimum absolute atomic E-state index is 0.0103. The maximum atomic E-state index is 11.4. The van der Waals surface area contributed by atoms with Crippen LogP contribution in [0.15, 0.2) is 11.6 Å². The molecule has 0 heterocycles. The Bertz CT molecular complexity index is 291. The number of allylic oxidation sites excluding steroid dienone is 1. The fraction of sp³-hybridized carbons (Fsp3) is 0.600. The van der Waals surface area contributed by atoms with Crippen molar-refractivity contribution in [3.8, 4) is 0 Å². The van der Waals surface area contributed by atoms with Crippen LogP contribution in [0.3, 0.4) is 0 Å². The molecule has 70 valence electrons. The van der Waals surface area contributed by atoms with E-state index in [2.05, 4.69) is 0 Å². The molecule has 0 aromatic heterocycles. The van der Waals surface area contributed by atoms with Crippen LogP contribution >= 0.6 is 0 Å². The van der Waals surface area contributed by atoms with Gasteiger partial charge in [-0.15, -0.1) is 0 Å². The van der Waals surface area contributed by atoms with Crippen LogP contribution in [0.2, 0.25) is 0 Å². The van der Waals surface area contributed by atoms with Crippen molar-refractivity contribution in [2.75, 3.05) is 0 Å². The Morgan fingerprint density at radius 1 is 1.38 bits per heavy atom. The number of carboxylic acids is 1. The first-order valence-electron chi connectivity index (χ1n) is 4.66. The molecule has 1 fully saturated rings. The molecular weight excluding hydrogens is 168 g/mol. The fourth-order valence-electron chi connectivity index (χ4n) is 2.46. The number of carbonyl (C=O) groups is 2. The predicted octanol–water partition coefficient (Wildman–Crippen LogP) is 1.39. The lowest BCUT2D eigenvalue weighted by Gasteiger charge is -2.22. The first-order chi connectivity index (χ1) is 6.20. The third-order valence-corrected chi connectivity index (χ3v) is 3.09. The van der Waals surface area contributed by atoms with Crippen molar-refractivity contribution in [2.24, 2.45) is 11.8 Å². The minimum Gasteiger partial charge on any atom is -0.478 e. The standard InChI is InChI=1S/C10H12O3/c11-9-5-4-6-7(9)2-1-3-8(6)10(12)13/h3,6-7H,1-2,4-5H2,(H,12,13)/t6-,7-/m0/s1. The minimum atomic E-state index is -0.843. The number of hydrogen-bond donors (Lipinski definition) is 1. The summed E-state index contributed by atoms with van der Waals surface area (Å²) in [6, 6.07) is 0. The van der Waals surface area contributed by atoms with Crippen LogP contribution in [0, 0.1) is 11.8 Å². The first-order valence-corrected chi connectivity index (χ1v) is 4.66. The molecule has 0 bridgehead atoms.